The maximum absolute atomic E-state index is 11.8. The Morgan fingerprint density at radius 2 is 2.10 bits per heavy atom. The number of carbonyl (C=O) groups is 2. The summed E-state index contributed by atoms with van der Waals surface area (Å²) >= 11 is 3.08. The summed E-state index contributed by atoms with van der Waals surface area (Å²) in [6, 6.07) is 0. The highest BCUT2D eigenvalue weighted by Gasteiger charge is 2.34. The number of nitrogens with one attached hydrogen (secondary N) is 1. The van der Waals surface area contributed by atoms with E-state index in [1.165, 1.54) is 11.8 Å². The van der Waals surface area contributed by atoms with Gasteiger partial charge in [-0.05, 0) is 19.8 Å². The number of rotatable bonds is 9. The van der Waals surface area contributed by atoms with Gasteiger partial charge in [-0.3, -0.25) is 9.59 Å². The third-order valence-electron chi connectivity index (χ3n) is 3.58. The highest BCUT2D eigenvalue weighted by atomic mass is 32.2. The lowest BCUT2D eigenvalue weighted by Crippen LogP contribution is -2.42. The van der Waals surface area contributed by atoms with E-state index >= 15 is 0 Å². The quantitative estimate of drug-likeness (QED) is 0.728. The minimum Gasteiger partial charge on any atom is -0.481 e. The molecule has 1 aromatic heterocycles. The van der Waals surface area contributed by atoms with Crippen LogP contribution in [0.15, 0.2) is 5.38 Å². The van der Waals surface area contributed by atoms with Crippen molar-refractivity contribution in [1.82, 2.24) is 10.3 Å². The summed E-state index contributed by atoms with van der Waals surface area (Å²) in [7, 11) is 0. The normalized spacial score (nSPS) is 11.4. The van der Waals surface area contributed by atoms with Crippen LogP contribution in [0.25, 0.3) is 0 Å². The number of carbonyl (C=O) groups excluding carboxylic acids is 1. The van der Waals surface area contributed by atoms with Crippen molar-refractivity contribution in [3.8, 4) is 0 Å². The number of carboxylic acid groups (broad SMARTS) is 1. The molecule has 1 rings (SSSR count). The van der Waals surface area contributed by atoms with E-state index in [2.05, 4.69) is 10.3 Å². The summed E-state index contributed by atoms with van der Waals surface area (Å²) in [5.74, 6) is 0.0428. The highest BCUT2D eigenvalue weighted by Crippen LogP contribution is 2.25. The highest BCUT2D eigenvalue weighted by molar-refractivity contribution is 7.99. The Kier molecular flexibility index (Phi) is 7.17. The van der Waals surface area contributed by atoms with Gasteiger partial charge in [-0.1, -0.05) is 13.8 Å². The average Bonchev–Trinajstić information content (AvgIpc) is 2.86. The average molecular weight is 330 g/mol. The molecule has 0 saturated heterocycles. The number of thioether (sulfide) groups is 1. The lowest BCUT2D eigenvalue weighted by molar-refractivity contribution is -0.149. The van der Waals surface area contributed by atoms with Gasteiger partial charge in [-0.2, -0.15) is 0 Å². The van der Waals surface area contributed by atoms with Crippen LogP contribution in [0.1, 0.15) is 37.4 Å². The predicted octanol–water partition coefficient (Wildman–Crippen LogP) is 2.69. The maximum atomic E-state index is 11.8. The third-order valence-corrected chi connectivity index (χ3v) is 5.37. The molecule has 0 aliphatic heterocycles. The van der Waals surface area contributed by atoms with Crippen LogP contribution in [0.5, 0.6) is 0 Å². The molecule has 7 heteroatoms. The molecule has 0 spiro atoms. The SMILES string of the molecule is CCC(CC)(CNC(=O)CSCc1csc(C)n1)C(=O)O. The predicted molar refractivity (Wildman–Crippen MR) is 86.7 cm³/mol. The van der Waals surface area contributed by atoms with E-state index in [0.29, 0.717) is 24.3 Å². The molecule has 0 aliphatic rings. The third kappa shape index (κ3) is 5.32. The Labute approximate surface area is 133 Å². The first-order chi connectivity index (χ1) is 9.93. The minimum absolute atomic E-state index is 0.125. The van der Waals surface area contributed by atoms with Gasteiger partial charge in [-0.25, -0.2) is 4.98 Å². The summed E-state index contributed by atoms with van der Waals surface area (Å²) in [6.45, 7) is 5.81. The number of hydrogen-bond donors (Lipinski definition) is 2. The van der Waals surface area contributed by atoms with Gasteiger partial charge in [0.15, 0.2) is 0 Å². The molecule has 21 heavy (non-hydrogen) atoms. The maximum Gasteiger partial charge on any atom is 0.311 e. The number of nitrogens with zero attached hydrogens (tertiary/aromatic N) is 1. The first-order valence-corrected chi connectivity index (χ1v) is 8.95. The number of aryl methyl sites for hydroxylation is 1. The van der Waals surface area contributed by atoms with Crippen LogP contribution in [0.4, 0.5) is 0 Å². The van der Waals surface area contributed by atoms with Crippen LogP contribution < -0.4 is 5.32 Å². The van der Waals surface area contributed by atoms with Crippen molar-refractivity contribution < 1.29 is 14.7 Å². The van der Waals surface area contributed by atoms with Gasteiger partial charge in [0.1, 0.15) is 0 Å². The molecule has 1 heterocycles. The fourth-order valence-corrected chi connectivity index (χ4v) is 3.38. The van der Waals surface area contributed by atoms with Crippen LogP contribution in [-0.4, -0.2) is 34.3 Å². The molecule has 5 nitrogen and oxygen atoms in total. The van der Waals surface area contributed by atoms with Crippen LogP contribution in [0.3, 0.4) is 0 Å². The molecule has 1 aromatic rings. The van der Waals surface area contributed by atoms with Crippen LogP contribution in [0.2, 0.25) is 0 Å². The molecule has 2 N–H and O–H groups in total. The van der Waals surface area contributed by atoms with Crippen LogP contribution in [-0.2, 0) is 15.3 Å². The van der Waals surface area contributed by atoms with Crippen LogP contribution in [0, 0.1) is 12.3 Å². The number of hydrogen-bond acceptors (Lipinski definition) is 5. The molecule has 0 aromatic carbocycles. The van der Waals surface area contributed by atoms with Crippen molar-refractivity contribution in [2.75, 3.05) is 12.3 Å². The number of carboxylic acids is 1. The van der Waals surface area contributed by atoms with Gasteiger partial charge in [0, 0.05) is 17.7 Å². The van der Waals surface area contributed by atoms with Crippen molar-refractivity contribution in [1.29, 1.82) is 0 Å². The Balaban J connectivity index is 2.34. The Bertz CT molecular complexity index is 484. The largest absolute Gasteiger partial charge is 0.481 e. The second-order valence-corrected chi connectivity index (χ2v) is 6.97. The number of aromatic nitrogens is 1. The lowest BCUT2D eigenvalue weighted by Gasteiger charge is -2.26. The fraction of sp³-hybridized carbons (Fsp3) is 0.643. The Morgan fingerprint density at radius 3 is 2.57 bits per heavy atom. The Hall–Kier alpha value is -1.08. The minimum atomic E-state index is -0.855. The van der Waals surface area contributed by atoms with Gasteiger partial charge in [-0.15, -0.1) is 23.1 Å². The van der Waals surface area contributed by atoms with Crippen molar-refractivity contribution in [2.24, 2.45) is 5.41 Å². The van der Waals surface area contributed by atoms with Crippen molar-refractivity contribution in [2.45, 2.75) is 39.4 Å². The van der Waals surface area contributed by atoms with E-state index in [1.54, 1.807) is 11.3 Å². The molecule has 0 bridgehead atoms. The zero-order valence-electron chi connectivity index (χ0n) is 12.6. The van der Waals surface area contributed by atoms with Gasteiger partial charge in [0.25, 0.3) is 0 Å². The van der Waals surface area contributed by atoms with E-state index in [1.807, 2.05) is 26.2 Å². The fourth-order valence-electron chi connectivity index (χ4n) is 1.92. The molecule has 0 atom stereocenters. The monoisotopic (exact) mass is 330 g/mol. The molecule has 0 radical (unpaired) electrons. The molecule has 1 amide bonds. The summed E-state index contributed by atoms with van der Waals surface area (Å²) in [5.41, 5.74) is 0.129. The van der Waals surface area contributed by atoms with Crippen molar-refractivity contribution in [3.63, 3.8) is 0 Å². The zero-order valence-corrected chi connectivity index (χ0v) is 14.3. The summed E-state index contributed by atoms with van der Waals surface area (Å²) in [6.07, 6.45) is 1.01. The van der Waals surface area contributed by atoms with E-state index in [-0.39, 0.29) is 12.5 Å². The van der Waals surface area contributed by atoms with Crippen LogP contribution >= 0.6 is 23.1 Å². The molecule has 0 aliphatic carbocycles. The van der Waals surface area contributed by atoms with E-state index < -0.39 is 11.4 Å². The molecular weight excluding hydrogens is 308 g/mol. The summed E-state index contributed by atoms with van der Waals surface area (Å²) in [5, 5.41) is 15.1. The van der Waals surface area contributed by atoms with Gasteiger partial charge in [0.2, 0.25) is 5.91 Å². The Morgan fingerprint density at radius 1 is 1.43 bits per heavy atom. The second-order valence-electron chi connectivity index (χ2n) is 4.92. The standard InChI is InChI=1S/C14H22N2O3S2/c1-4-14(5-2,13(18)19)9-15-12(17)8-20-6-11-7-21-10(3)16-11/h7H,4-6,8-9H2,1-3H3,(H,15,17)(H,18,19). The zero-order chi connectivity index (χ0) is 15.9. The number of thiazole rings is 1. The summed E-state index contributed by atoms with van der Waals surface area (Å²) in [4.78, 5) is 27.5. The summed E-state index contributed by atoms with van der Waals surface area (Å²) < 4.78 is 0. The molecule has 0 unspecified atom stereocenters. The molecule has 0 fully saturated rings. The second kappa shape index (κ2) is 8.38. The van der Waals surface area contributed by atoms with E-state index in [4.69, 9.17) is 0 Å². The first kappa shape index (κ1) is 18.0. The van der Waals surface area contributed by atoms with Gasteiger partial charge >= 0.3 is 5.97 Å². The molecule has 118 valence electrons. The lowest BCUT2D eigenvalue weighted by atomic mass is 9.82. The smallest absolute Gasteiger partial charge is 0.311 e. The number of aliphatic carboxylic acids is 1. The molecule has 0 saturated carbocycles. The number of amides is 1. The van der Waals surface area contributed by atoms with Crippen molar-refractivity contribution in [3.05, 3.63) is 16.1 Å². The molecular formula is C14H22N2O3S2. The van der Waals surface area contributed by atoms with E-state index in [9.17, 15) is 14.7 Å². The van der Waals surface area contributed by atoms with Gasteiger partial charge in [0.05, 0.1) is 21.9 Å². The first-order valence-electron chi connectivity index (χ1n) is 6.92. The topological polar surface area (TPSA) is 79.3 Å². The van der Waals surface area contributed by atoms with Gasteiger partial charge < -0.3 is 10.4 Å². The van der Waals surface area contributed by atoms with Crippen molar-refractivity contribution >= 4 is 35.0 Å². The van der Waals surface area contributed by atoms with E-state index in [0.717, 1.165) is 10.7 Å².